The zero-order valence-electron chi connectivity index (χ0n) is 10.9. The summed E-state index contributed by atoms with van der Waals surface area (Å²) in [4.78, 5) is 0. The third-order valence-electron chi connectivity index (χ3n) is 3.98. The molecular formula is C12H21ClN4. The van der Waals surface area contributed by atoms with E-state index in [0.29, 0.717) is 11.3 Å². The predicted octanol–water partition coefficient (Wildman–Crippen LogP) is 1.80. The number of nitrogens with two attached hydrogens (primary N) is 1. The average Bonchev–Trinajstić information content (AvgIpc) is 2.80. The van der Waals surface area contributed by atoms with Gasteiger partial charge in [0.25, 0.3) is 0 Å². The third-order valence-corrected chi connectivity index (χ3v) is 4.46. The zero-order valence-corrected chi connectivity index (χ0v) is 11.7. The topological polar surface area (TPSA) is 55.9 Å². The highest BCUT2D eigenvalue weighted by Crippen LogP contribution is 2.54. The van der Waals surface area contributed by atoms with Crippen molar-refractivity contribution in [1.29, 1.82) is 0 Å². The van der Waals surface area contributed by atoms with E-state index in [2.05, 4.69) is 24.4 Å². The number of hydrogen-bond donors (Lipinski definition) is 2. The van der Waals surface area contributed by atoms with E-state index in [1.165, 1.54) is 6.42 Å². The number of aromatic nitrogens is 2. The molecule has 0 amide bonds. The molecule has 5 heteroatoms. The number of hydrogen-bond acceptors (Lipinski definition) is 3. The van der Waals surface area contributed by atoms with E-state index in [-0.39, 0.29) is 6.04 Å². The molecule has 1 fully saturated rings. The van der Waals surface area contributed by atoms with Gasteiger partial charge in [0.1, 0.15) is 5.15 Å². The fourth-order valence-electron chi connectivity index (χ4n) is 2.64. The molecule has 1 aromatic heterocycles. The van der Waals surface area contributed by atoms with Gasteiger partial charge in [-0.25, -0.2) is 0 Å². The summed E-state index contributed by atoms with van der Waals surface area (Å²) in [5.74, 6) is 6.30. The van der Waals surface area contributed by atoms with Crippen LogP contribution in [0.3, 0.4) is 0 Å². The highest BCUT2D eigenvalue weighted by molar-refractivity contribution is 6.30. The molecule has 1 saturated carbocycles. The first kappa shape index (κ1) is 12.9. The van der Waals surface area contributed by atoms with Crippen molar-refractivity contribution in [2.45, 2.75) is 39.7 Å². The minimum Gasteiger partial charge on any atom is -0.271 e. The summed E-state index contributed by atoms with van der Waals surface area (Å²) in [6, 6.07) is 0.283. The van der Waals surface area contributed by atoms with Crippen LogP contribution in [-0.2, 0) is 13.5 Å². The van der Waals surface area contributed by atoms with Gasteiger partial charge in [0.15, 0.2) is 0 Å². The van der Waals surface area contributed by atoms with Crippen LogP contribution in [0.2, 0.25) is 5.15 Å². The summed E-state index contributed by atoms with van der Waals surface area (Å²) >= 11 is 6.24. The number of nitrogens with one attached hydrogen (secondary N) is 1. The Bertz CT molecular complexity index is 424. The SMILES string of the molecule is Cc1nn(C)c(Cl)c1CC(NN)C1CC1(C)C. The van der Waals surface area contributed by atoms with Crippen molar-refractivity contribution >= 4 is 11.6 Å². The molecule has 0 spiro atoms. The Kier molecular flexibility index (Phi) is 3.23. The Hall–Kier alpha value is -0.580. The first-order valence-electron chi connectivity index (χ1n) is 6.01. The summed E-state index contributed by atoms with van der Waals surface area (Å²) in [6.45, 7) is 6.55. The van der Waals surface area contributed by atoms with Crippen molar-refractivity contribution in [3.63, 3.8) is 0 Å². The fraction of sp³-hybridized carbons (Fsp3) is 0.750. The van der Waals surface area contributed by atoms with Crippen LogP contribution in [0.4, 0.5) is 0 Å². The van der Waals surface area contributed by atoms with Gasteiger partial charge >= 0.3 is 0 Å². The van der Waals surface area contributed by atoms with Gasteiger partial charge in [-0.05, 0) is 31.1 Å². The first-order valence-corrected chi connectivity index (χ1v) is 6.38. The first-order chi connectivity index (χ1) is 7.86. The maximum absolute atomic E-state index is 6.24. The van der Waals surface area contributed by atoms with E-state index < -0.39 is 0 Å². The second-order valence-electron chi connectivity index (χ2n) is 5.75. The van der Waals surface area contributed by atoms with E-state index in [1.54, 1.807) is 4.68 Å². The molecule has 0 aliphatic heterocycles. The van der Waals surface area contributed by atoms with Gasteiger partial charge in [0.05, 0.1) is 5.69 Å². The smallest absolute Gasteiger partial charge is 0.130 e. The minimum atomic E-state index is 0.283. The van der Waals surface area contributed by atoms with Crippen LogP contribution in [-0.4, -0.2) is 15.8 Å². The lowest BCUT2D eigenvalue weighted by atomic mass is 9.98. The van der Waals surface area contributed by atoms with Crippen molar-refractivity contribution in [2.75, 3.05) is 0 Å². The van der Waals surface area contributed by atoms with E-state index in [4.69, 9.17) is 17.4 Å². The highest BCUT2D eigenvalue weighted by atomic mass is 35.5. The van der Waals surface area contributed by atoms with Crippen molar-refractivity contribution in [3.05, 3.63) is 16.4 Å². The Labute approximate surface area is 107 Å². The quantitative estimate of drug-likeness (QED) is 0.638. The Morgan fingerprint density at radius 2 is 2.24 bits per heavy atom. The molecule has 0 radical (unpaired) electrons. The number of aryl methyl sites for hydroxylation is 2. The number of hydrazine groups is 1. The Morgan fingerprint density at radius 1 is 1.65 bits per heavy atom. The molecule has 1 aromatic rings. The molecular weight excluding hydrogens is 236 g/mol. The summed E-state index contributed by atoms with van der Waals surface area (Å²) in [5.41, 5.74) is 5.45. The number of halogens is 1. The van der Waals surface area contributed by atoms with E-state index >= 15 is 0 Å². The van der Waals surface area contributed by atoms with Gasteiger partial charge in [-0.2, -0.15) is 5.10 Å². The Morgan fingerprint density at radius 3 is 2.59 bits per heavy atom. The molecule has 17 heavy (non-hydrogen) atoms. The lowest BCUT2D eigenvalue weighted by Crippen LogP contribution is -2.39. The molecule has 2 atom stereocenters. The van der Waals surface area contributed by atoms with Crippen LogP contribution in [0.25, 0.3) is 0 Å². The number of rotatable bonds is 4. The second-order valence-corrected chi connectivity index (χ2v) is 6.11. The highest BCUT2D eigenvalue weighted by Gasteiger charge is 2.49. The van der Waals surface area contributed by atoms with Crippen LogP contribution >= 0.6 is 11.6 Å². The zero-order chi connectivity index (χ0) is 12.8. The van der Waals surface area contributed by atoms with Gasteiger partial charge in [-0.15, -0.1) is 0 Å². The Balaban J connectivity index is 2.14. The van der Waals surface area contributed by atoms with Crippen molar-refractivity contribution in [3.8, 4) is 0 Å². The lowest BCUT2D eigenvalue weighted by Gasteiger charge is -2.17. The van der Waals surface area contributed by atoms with Gasteiger partial charge in [0.2, 0.25) is 0 Å². The van der Waals surface area contributed by atoms with Gasteiger partial charge in [-0.3, -0.25) is 16.0 Å². The van der Waals surface area contributed by atoms with Crippen molar-refractivity contribution in [2.24, 2.45) is 24.2 Å². The minimum absolute atomic E-state index is 0.283. The van der Waals surface area contributed by atoms with Gasteiger partial charge in [-0.1, -0.05) is 25.4 Å². The van der Waals surface area contributed by atoms with Crippen LogP contribution in [0.1, 0.15) is 31.5 Å². The molecule has 4 nitrogen and oxygen atoms in total. The molecule has 1 aliphatic carbocycles. The van der Waals surface area contributed by atoms with Gasteiger partial charge < -0.3 is 0 Å². The molecule has 0 saturated heterocycles. The summed E-state index contributed by atoms with van der Waals surface area (Å²) < 4.78 is 1.72. The molecule has 1 aliphatic rings. The summed E-state index contributed by atoms with van der Waals surface area (Å²) in [5, 5.41) is 5.05. The maximum Gasteiger partial charge on any atom is 0.130 e. The monoisotopic (exact) mass is 256 g/mol. The molecule has 0 bridgehead atoms. The maximum atomic E-state index is 6.24. The standard InChI is InChI=1S/C12H21ClN4/c1-7-8(11(13)17(4)16-7)5-10(15-14)9-6-12(9,2)3/h9-10,15H,5-6,14H2,1-4H3. The van der Waals surface area contributed by atoms with Gasteiger partial charge in [0, 0.05) is 18.7 Å². The van der Waals surface area contributed by atoms with E-state index in [0.717, 1.165) is 22.8 Å². The molecule has 96 valence electrons. The van der Waals surface area contributed by atoms with E-state index in [9.17, 15) is 0 Å². The molecule has 2 rings (SSSR count). The third kappa shape index (κ3) is 2.34. The molecule has 3 N–H and O–H groups in total. The summed E-state index contributed by atoms with van der Waals surface area (Å²) in [7, 11) is 1.87. The molecule has 2 unspecified atom stereocenters. The van der Waals surface area contributed by atoms with Crippen LogP contribution in [0, 0.1) is 18.3 Å². The largest absolute Gasteiger partial charge is 0.271 e. The fourth-order valence-corrected chi connectivity index (χ4v) is 2.89. The second kappa shape index (κ2) is 4.26. The van der Waals surface area contributed by atoms with Crippen LogP contribution in [0.15, 0.2) is 0 Å². The van der Waals surface area contributed by atoms with Crippen LogP contribution in [0.5, 0.6) is 0 Å². The van der Waals surface area contributed by atoms with Crippen LogP contribution < -0.4 is 11.3 Å². The average molecular weight is 257 g/mol. The summed E-state index contributed by atoms with van der Waals surface area (Å²) in [6.07, 6.45) is 2.07. The van der Waals surface area contributed by atoms with Crippen molar-refractivity contribution in [1.82, 2.24) is 15.2 Å². The van der Waals surface area contributed by atoms with Crippen molar-refractivity contribution < 1.29 is 0 Å². The van der Waals surface area contributed by atoms with E-state index in [1.807, 2.05) is 14.0 Å². The molecule has 0 aromatic carbocycles. The predicted molar refractivity (Wildman–Crippen MR) is 69.7 cm³/mol. The lowest BCUT2D eigenvalue weighted by molar-refractivity contribution is 0.408. The molecule has 1 heterocycles. The number of nitrogens with zero attached hydrogens (tertiary/aromatic N) is 2. The normalized spacial score (nSPS) is 23.8.